The normalized spacial score (nSPS) is 12.8. The van der Waals surface area contributed by atoms with Gasteiger partial charge in [0.2, 0.25) is 0 Å². The van der Waals surface area contributed by atoms with Crippen LogP contribution in [-0.2, 0) is 16.6 Å². The van der Waals surface area contributed by atoms with Crippen molar-refractivity contribution in [1.82, 2.24) is 9.78 Å². The van der Waals surface area contributed by atoms with Crippen LogP contribution in [0.1, 0.15) is 38.4 Å². The lowest BCUT2D eigenvalue weighted by molar-refractivity contribution is 0.426. The van der Waals surface area contributed by atoms with E-state index in [9.17, 15) is 8.60 Å². The molecule has 1 heterocycles. The van der Waals surface area contributed by atoms with Crippen molar-refractivity contribution >= 4 is 16.5 Å². The fourth-order valence-corrected chi connectivity index (χ4v) is 3.31. The van der Waals surface area contributed by atoms with Gasteiger partial charge in [-0.25, -0.2) is 4.39 Å². The van der Waals surface area contributed by atoms with E-state index in [1.165, 1.54) is 12.1 Å². The van der Waals surface area contributed by atoms with E-state index in [0.717, 1.165) is 12.8 Å². The Hall–Kier alpha value is -1.69. The van der Waals surface area contributed by atoms with E-state index >= 15 is 0 Å². The molecule has 0 aliphatic carbocycles. The highest BCUT2D eigenvalue weighted by molar-refractivity contribution is 7.84. The molecule has 0 bridgehead atoms. The zero-order valence-electron chi connectivity index (χ0n) is 12.3. The van der Waals surface area contributed by atoms with Gasteiger partial charge in [-0.1, -0.05) is 13.8 Å². The molecule has 1 unspecified atom stereocenters. The van der Waals surface area contributed by atoms with Crippen molar-refractivity contribution < 1.29 is 8.60 Å². The van der Waals surface area contributed by atoms with Crippen molar-refractivity contribution in [3.63, 3.8) is 0 Å². The highest BCUT2D eigenvalue weighted by Crippen LogP contribution is 2.19. The Morgan fingerprint density at radius 2 is 2.05 bits per heavy atom. The van der Waals surface area contributed by atoms with E-state index in [1.807, 2.05) is 16.9 Å². The van der Waals surface area contributed by atoms with Gasteiger partial charge in [0.1, 0.15) is 5.82 Å². The highest BCUT2D eigenvalue weighted by atomic mass is 32.2. The van der Waals surface area contributed by atoms with Gasteiger partial charge < -0.3 is 5.73 Å². The first-order valence-electron chi connectivity index (χ1n) is 7.02. The molecule has 0 saturated carbocycles. The number of anilines is 1. The lowest BCUT2D eigenvalue weighted by Crippen LogP contribution is -2.08. The van der Waals surface area contributed by atoms with Gasteiger partial charge in [-0.15, -0.1) is 0 Å². The SMILES string of the molecule is CCC(CC)n1ccc(CS(=O)c2ccc(N)cc2F)n1. The Morgan fingerprint density at radius 1 is 1.33 bits per heavy atom. The number of nitrogens with zero attached hydrogens (tertiary/aromatic N) is 2. The summed E-state index contributed by atoms with van der Waals surface area (Å²) in [7, 11) is -1.46. The van der Waals surface area contributed by atoms with Crippen LogP contribution in [0.5, 0.6) is 0 Å². The molecule has 0 saturated heterocycles. The van der Waals surface area contributed by atoms with Gasteiger partial charge >= 0.3 is 0 Å². The summed E-state index contributed by atoms with van der Waals surface area (Å²) in [5.41, 5.74) is 6.52. The molecule has 2 N–H and O–H groups in total. The third kappa shape index (κ3) is 3.69. The summed E-state index contributed by atoms with van der Waals surface area (Å²) >= 11 is 0. The van der Waals surface area contributed by atoms with Crippen molar-refractivity contribution in [1.29, 1.82) is 0 Å². The molecule has 2 aromatic rings. The van der Waals surface area contributed by atoms with Gasteiger partial charge in [0.15, 0.2) is 0 Å². The Kier molecular flexibility index (Phi) is 5.12. The first-order valence-corrected chi connectivity index (χ1v) is 8.34. The summed E-state index contributed by atoms with van der Waals surface area (Å²) in [4.78, 5) is 0.168. The summed E-state index contributed by atoms with van der Waals surface area (Å²) in [6.45, 7) is 4.22. The quantitative estimate of drug-likeness (QED) is 0.833. The minimum Gasteiger partial charge on any atom is -0.399 e. The molecule has 4 nitrogen and oxygen atoms in total. The van der Waals surface area contributed by atoms with E-state index in [1.54, 1.807) is 6.07 Å². The van der Waals surface area contributed by atoms with Crippen LogP contribution in [0, 0.1) is 5.82 Å². The Labute approximate surface area is 126 Å². The summed E-state index contributed by atoms with van der Waals surface area (Å²) in [5.74, 6) is -0.332. The third-order valence-electron chi connectivity index (χ3n) is 3.46. The Morgan fingerprint density at radius 3 is 2.67 bits per heavy atom. The summed E-state index contributed by atoms with van der Waals surface area (Å²) in [6, 6.07) is 6.40. The summed E-state index contributed by atoms with van der Waals surface area (Å²) in [5, 5.41) is 4.44. The standard InChI is InChI=1S/C15H20FN3OS/c1-3-13(4-2)19-8-7-12(18-19)10-21(20)15-6-5-11(17)9-14(15)16/h5-9,13H,3-4,10,17H2,1-2H3. The van der Waals surface area contributed by atoms with Crippen LogP contribution in [0.4, 0.5) is 10.1 Å². The largest absolute Gasteiger partial charge is 0.399 e. The molecule has 0 aliphatic heterocycles. The first kappa shape index (κ1) is 15.7. The molecule has 0 amide bonds. The molecule has 1 aromatic heterocycles. The van der Waals surface area contributed by atoms with Crippen molar-refractivity contribution in [3.05, 3.63) is 42.0 Å². The first-order chi connectivity index (χ1) is 10.0. The van der Waals surface area contributed by atoms with E-state index in [0.29, 0.717) is 17.4 Å². The average molecular weight is 309 g/mol. The van der Waals surface area contributed by atoms with Gasteiger partial charge in [0.05, 0.1) is 33.2 Å². The van der Waals surface area contributed by atoms with Crippen molar-refractivity contribution in [2.75, 3.05) is 5.73 Å². The molecule has 1 aromatic carbocycles. The Bertz CT molecular complexity index is 638. The molecule has 2 rings (SSSR count). The molecule has 114 valence electrons. The third-order valence-corrected chi connectivity index (χ3v) is 4.84. The topological polar surface area (TPSA) is 60.9 Å². The minimum absolute atomic E-state index is 0.168. The molecule has 0 fully saturated rings. The molecular formula is C15H20FN3OS. The second kappa shape index (κ2) is 6.85. The van der Waals surface area contributed by atoms with Crippen LogP contribution in [0.2, 0.25) is 0 Å². The maximum absolute atomic E-state index is 13.7. The highest BCUT2D eigenvalue weighted by Gasteiger charge is 2.14. The fraction of sp³-hybridized carbons (Fsp3) is 0.400. The van der Waals surface area contributed by atoms with Crippen LogP contribution in [-0.4, -0.2) is 14.0 Å². The van der Waals surface area contributed by atoms with Gasteiger partial charge in [0.25, 0.3) is 0 Å². The van der Waals surface area contributed by atoms with Crippen LogP contribution in [0.25, 0.3) is 0 Å². The van der Waals surface area contributed by atoms with E-state index < -0.39 is 16.6 Å². The number of benzene rings is 1. The number of nitrogens with two attached hydrogens (primary N) is 1. The van der Waals surface area contributed by atoms with Gasteiger partial charge in [-0.3, -0.25) is 8.89 Å². The van der Waals surface area contributed by atoms with E-state index in [-0.39, 0.29) is 10.6 Å². The van der Waals surface area contributed by atoms with Gasteiger partial charge in [0, 0.05) is 11.9 Å². The van der Waals surface area contributed by atoms with Gasteiger partial charge in [-0.05, 0) is 37.1 Å². The lowest BCUT2D eigenvalue weighted by Gasteiger charge is -2.12. The van der Waals surface area contributed by atoms with Crippen molar-refractivity contribution in [3.8, 4) is 0 Å². The molecule has 0 spiro atoms. The summed E-state index contributed by atoms with van der Waals surface area (Å²) in [6.07, 6.45) is 3.88. The predicted molar refractivity (Wildman–Crippen MR) is 82.8 cm³/mol. The second-order valence-corrected chi connectivity index (χ2v) is 6.36. The summed E-state index contributed by atoms with van der Waals surface area (Å²) < 4.78 is 27.9. The van der Waals surface area contributed by atoms with Crippen LogP contribution < -0.4 is 5.73 Å². The zero-order valence-corrected chi connectivity index (χ0v) is 13.1. The Balaban J connectivity index is 2.13. The van der Waals surface area contributed by atoms with E-state index in [4.69, 9.17) is 5.73 Å². The fourth-order valence-electron chi connectivity index (χ4n) is 2.23. The lowest BCUT2D eigenvalue weighted by atomic mass is 10.2. The number of rotatable bonds is 6. The molecule has 0 radical (unpaired) electrons. The maximum Gasteiger partial charge on any atom is 0.141 e. The van der Waals surface area contributed by atoms with Crippen molar-refractivity contribution in [2.24, 2.45) is 0 Å². The molecule has 0 aliphatic rings. The van der Waals surface area contributed by atoms with Crippen LogP contribution in [0.3, 0.4) is 0 Å². The van der Waals surface area contributed by atoms with Gasteiger partial charge in [-0.2, -0.15) is 5.10 Å². The number of halogens is 1. The molecule has 6 heteroatoms. The van der Waals surface area contributed by atoms with Crippen LogP contribution in [0.15, 0.2) is 35.4 Å². The molecule has 21 heavy (non-hydrogen) atoms. The number of nitrogen functional groups attached to an aromatic ring is 1. The monoisotopic (exact) mass is 309 g/mol. The maximum atomic E-state index is 13.7. The zero-order chi connectivity index (χ0) is 15.4. The van der Waals surface area contributed by atoms with Crippen molar-refractivity contribution in [2.45, 2.75) is 43.4 Å². The number of aromatic nitrogens is 2. The molecular weight excluding hydrogens is 289 g/mol. The minimum atomic E-state index is -1.46. The van der Waals surface area contributed by atoms with Crippen LogP contribution >= 0.6 is 0 Å². The number of hydrogen-bond acceptors (Lipinski definition) is 3. The number of hydrogen-bond donors (Lipinski definition) is 1. The second-order valence-electron chi connectivity index (χ2n) is 4.94. The predicted octanol–water partition coefficient (Wildman–Crippen LogP) is 3.27. The van der Waals surface area contributed by atoms with E-state index in [2.05, 4.69) is 18.9 Å². The smallest absolute Gasteiger partial charge is 0.141 e. The average Bonchev–Trinajstić information content (AvgIpc) is 2.88. The molecule has 1 atom stereocenters.